The molecule has 1 aromatic heterocycles. The number of hydrogen-bond acceptors (Lipinski definition) is 4. The Morgan fingerprint density at radius 1 is 1.22 bits per heavy atom. The molecular weight excluding hydrogens is 310 g/mol. The quantitative estimate of drug-likeness (QED) is 0.653. The highest BCUT2D eigenvalue weighted by Gasteiger charge is 2.14. The van der Waals surface area contributed by atoms with Gasteiger partial charge in [0.2, 0.25) is 0 Å². The van der Waals surface area contributed by atoms with Gasteiger partial charge in [0.05, 0.1) is 5.69 Å². The molecule has 0 radical (unpaired) electrons. The molecule has 1 amide bonds. The predicted molar refractivity (Wildman–Crippen MR) is 76.1 cm³/mol. The third-order valence-corrected chi connectivity index (χ3v) is 2.85. The van der Waals surface area contributed by atoms with E-state index in [0.717, 1.165) is 12.1 Å². The number of rotatable bonds is 5. The molecule has 23 heavy (non-hydrogen) atoms. The molecule has 8 heteroatoms. The Labute approximate surface area is 129 Å². The van der Waals surface area contributed by atoms with Crippen molar-refractivity contribution in [1.29, 1.82) is 0 Å². The molecule has 1 heterocycles. The number of anilines is 1. The van der Waals surface area contributed by atoms with Gasteiger partial charge in [0, 0.05) is 17.8 Å². The first kappa shape index (κ1) is 16.3. The number of nitrogens with one attached hydrogen (secondary N) is 2. The van der Waals surface area contributed by atoms with E-state index in [1.54, 1.807) is 0 Å². The van der Waals surface area contributed by atoms with Gasteiger partial charge in [-0.3, -0.25) is 9.59 Å². The fourth-order valence-corrected chi connectivity index (χ4v) is 1.70. The summed E-state index contributed by atoms with van der Waals surface area (Å²) in [4.78, 5) is 36.9. The van der Waals surface area contributed by atoms with E-state index in [-0.39, 0.29) is 17.2 Å². The van der Waals surface area contributed by atoms with Crippen molar-refractivity contribution in [2.45, 2.75) is 6.92 Å². The van der Waals surface area contributed by atoms with Gasteiger partial charge in [0.15, 0.2) is 12.4 Å². The zero-order chi connectivity index (χ0) is 17.0. The molecule has 2 N–H and O–H groups in total. The summed E-state index contributed by atoms with van der Waals surface area (Å²) >= 11 is 0. The molecule has 0 aliphatic carbocycles. The van der Waals surface area contributed by atoms with E-state index >= 15 is 0 Å². The summed E-state index contributed by atoms with van der Waals surface area (Å²) in [6.07, 6.45) is 1.34. The fourth-order valence-electron chi connectivity index (χ4n) is 1.70. The molecule has 2 rings (SSSR count). The van der Waals surface area contributed by atoms with Crippen molar-refractivity contribution in [1.82, 2.24) is 4.98 Å². The number of ketones is 1. The molecule has 0 bridgehead atoms. The highest BCUT2D eigenvalue weighted by atomic mass is 19.1. The third kappa shape index (κ3) is 4.22. The van der Waals surface area contributed by atoms with Crippen LogP contribution >= 0.6 is 0 Å². The summed E-state index contributed by atoms with van der Waals surface area (Å²) in [5.74, 6) is -3.58. The maximum Gasteiger partial charge on any atom is 0.355 e. The van der Waals surface area contributed by atoms with E-state index < -0.39 is 30.1 Å². The molecule has 0 fully saturated rings. The van der Waals surface area contributed by atoms with E-state index in [1.807, 2.05) is 0 Å². The minimum absolute atomic E-state index is 0.0102. The van der Waals surface area contributed by atoms with Gasteiger partial charge < -0.3 is 15.0 Å². The topological polar surface area (TPSA) is 88.3 Å². The van der Waals surface area contributed by atoms with Crippen LogP contribution in [0.3, 0.4) is 0 Å². The Morgan fingerprint density at radius 2 is 1.96 bits per heavy atom. The minimum Gasteiger partial charge on any atom is -0.451 e. The molecule has 2 aromatic rings. The molecule has 0 aliphatic heterocycles. The maximum absolute atomic E-state index is 13.4. The lowest BCUT2D eigenvalue weighted by Crippen LogP contribution is -2.21. The molecule has 0 saturated carbocycles. The van der Waals surface area contributed by atoms with Crippen LogP contribution in [0.5, 0.6) is 0 Å². The van der Waals surface area contributed by atoms with Crippen LogP contribution in [0.2, 0.25) is 0 Å². The minimum atomic E-state index is -0.944. The van der Waals surface area contributed by atoms with Crippen molar-refractivity contribution < 1.29 is 27.9 Å². The van der Waals surface area contributed by atoms with Crippen LogP contribution < -0.4 is 5.32 Å². The summed E-state index contributed by atoms with van der Waals surface area (Å²) in [5, 5.41) is 2.15. The molecule has 0 unspecified atom stereocenters. The Balaban J connectivity index is 1.90. The second-order valence-electron chi connectivity index (χ2n) is 4.61. The third-order valence-electron chi connectivity index (χ3n) is 2.85. The zero-order valence-corrected chi connectivity index (χ0v) is 12.0. The number of carbonyl (C=O) groups is 3. The smallest absolute Gasteiger partial charge is 0.355 e. The van der Waals surface area contributed by atoms with Gasteiger partial charge in [0.1, 0.15) is 17.3 Å². The van der Waals surface area contributed by atoms with Crippen molar-refractivity contribution in [3.63, 3.8) is 0 Å². The Hall–Kier alpha value is -3.03. The van der Waals surface area contributed by atoms with E-state index in [0.29, 0.717) is 11.6 Å². The van der Waals surface area contributed by atoms with Crippen LogP contribution in [0, 0.1) is 11.6 Å². The average molecular weight is 322 g/mol. The number of carbonyl (C=O) groups excluding carboxylic acids is 3. The monoisotopic (exact) mass is 322 g/mol. The number of aromatic amines is 1. The second-order valence-corrected chi connectivity index (χ2v) is 4.61. The summed E-state index contributed by atoms with van der Waals surface area (Å²) in [6.45, 7) is 0.674. The first-order valence-corrected chi connectivity index (χ1v) is 6.48. The number of benzene rings is 1. The van der Waals surface area contributed by atoms with Gasteiger partial charge in [0.25, 0.3) is 5.91 Å². The van der Waals surface area contributed by atoms with Crippen LogP contribution in [0.1, 0.15) is 27.8 Å². The lowest BCUT2D eigenvalue weighted by atomic mass is 10.2. The Kier molecular flexibility index (Phi) is 4.85. The highest BCUT2D eigenvalue weighted by molar-refractivity contribution is 5.98. The summed E-state index contributed by atoms with van der Waals surface area (Å²) in [7, 11) is 0. The first-order chi connectivity index (χ1) is 10.9. The number of hydrogen-bond donors (Lipinski definition) is 2. The van der Waals surface area contributed by atoms with E-state index in [9.17, 15) is 23.2 Å². The molecule has 0 atom stereocenters. The second kappa shape index (κ2) is 6.82. The SMILES string of the molecule is CC(=O)c1c[nH]c(C(=O)OCC(=O)Nc2ccc(F)cc2F)c1. The number of esters is 1. The largest absolute Gasteiger partial charge is 0.451 e. The predicted octanol–water partition coefficient (Wildman–Crippen LogP) is 2.29. The van der Waals surface area contributed by atoms with Gasteiger partial charge in [-0.1, -0.05) is 0 Å². The van der Waals surface area contributed by atoms with Gasteiger partial charge in [-0.15, -0.1) is 0 Å². The Morgan fingerprint density at radius 3 is 2.57 bits per heavy atom. The number of H-pyrrole nitrogens is 1. The lowest BCUT2D eigenvalue weighted by molar-refractivity contribution is -0.119. The highest BCUT2D eigenvalue weighted by Crippen LogP contribution is 2.14. The molecule has 6 nitrogen and oxygen atoms in total. The number of Topliss-reactive ketones (excluding diaryl/α,β-unsaturated/α-hetero) is 1. The Bertz CT molecular complexity index is 771. The summed E-state index contributed by atoms with van der Waals surface area (Å²) in [5.41, 5.74) is 0.0805. The molecule has 0 saturated heterocycles. The van der Waals surface area contributed by atoms with Gasteiger partial charge in [-0.2, -0.15) is 0 Å². The van der Waals surface area contributed by atoms with Crippen LogP contribution in [0.4, 0.5) is 14.5 Å². The number of aromatic nitrogens is 1. The van der Waals surface area contributed by atoms with Gasteiger partial charge in [-0.05, 0) is 25.1 Å². The molecule has 0 spiro atoms. The van der Waals surface area contributed by atoms with Crippen LogP contribution in [-0.4, -0.2) is 29.3 Å². The maximum atomic E-state index is 13.4. The lowest BCUT2D eigenvalue weighted by Gasteiger charge is -2.07. The van der Waals surface area contributed by atoms with Crippen molar-refractivity contribution in [2.75, 3.05) is 11.9 Å². The number of ether oxygens (including phenoxy) is 1. The summed E-state index contributed by atoms with van der Waals surface area (Å²) < 4.78 is 30.8. The number of amides is 1. The van der Waals surface area contributed by atoms with Crippen molar-refractivity contribution >= 4 is 23.3 Å². The van der Waals surface area contributed by atoms with E-state index in [4.69, 9.17) is 4.74 Å². The van der Waals surface area contributed by atoms with Gasteiger partial charge in [-0.25, -0.2) is 13.6 Å². The molecule has 0 aliphatic rings. The number of halogens is 2. The van der Waals surface area contributed by atoms with Crippen molar-refractivity contribution in [3.05, 3.63) is 53.4 Å². The van der Waals surface area contributed by atoms with Gasteiger partial charge >= 0.3 is 5.97 Å². The van der Waals surface area contributed by atoms with E-state index in [2.05, 4.69) is 10.3 Å². The molecule has 1 aromatic carbocycles. The average Bonchev–Trinajstić information content (AvgIpc) is 2.98. The first-order valence-electron chi connectivity index (χ1n) is 6.48. The van der Waals surface area contributed by atoms with Crippen LogP contribution in [0.25, 0.3) is 0 Å². The molecule has 120 valence electrons. The zero-order valence-electron chi connectivity index (χ0n) is 12.0. The standard InChI is InChI=1S/C15H12F2N2O4/c1-8(20)9-4-13(18-6-9)15(22)23-7-14(21)19-12-3-2-10(16)5-11(12)17/h2-6,18H,7H2,1H3,(H,19,21). The van der Waals surface area contributed by atoms with Crippen molar-refractivity contribution in [2.24, 2.45) is 0 Å². The fraction of sp³-hybridized carbons (Fsp3) is 0.133. The summed E-state index contributed by atoms with van der Waals surface area (Å²) in [6, 6.07) is 3.94. The molecular formula is C15H12F2N2O4. The van der Waals surface area contributed by atoms with E-state index in [1.165, 1.54) is 19.2 Å². The van der Waals surface area contributed by atoms with Crippen molar-refractivity contribution in [3.8, 4) is 0 Å². The van der Waals surface area contributed by atoms with Crippen LogP contribution in [0.15, 0.2) is 30.5 Å². The van der Waals surface area contributed by atoms with Crippen LogP contribution in [-0.2, 0) is 9.53 Å². The normalized spacial score (nSPS) is 10.2.